The van der Waals surface area contributed by atoms with Gasteiger partial charge in [-0.2, -0.15) is 5.10 Å². The zero-order chi connectivity index (χ0) is 15.1. The van der Waals surface area contributed by atoms with Gasteiger partial charge in [-0.25, -0.2) is 0 Å². The highest BCUT2D eigenvalue weighted by molar-refractivity contribution is 9.10. The lowest BCUT2D eigenvalue weighted by molar-refractivity contribution is 0.0842. The molecule has 1 aliphatic rings. The van der Waals surface area contributed by atoms with Crippen LogP contribution in [0.15, 0.2) is 4.47 Å². The van der Waals surface area contributed by atoms with Crippen molar-refractivity contribution in [1.82, 2.24) is 15.1 Å². The molecule has 0 atom stereocenters. The fourth-order valence-electron chi connectivity index (χ4n) is 4.10. The summed E-state index contributed by atoms with van der Waals surface area (Å²) in [5.74, 6) is 0. The van der Waals surface area contributed by atoms with Crippen molar-refractivity contribution in [2.24, 2.45) is 17.9 Å². The van der Waals surface area contributed by atoms with Crippen LogP contribution in [0.3, 0.4) is 0 Å². The van der Waals surface area contributed by atoms with E-state index >= 15 is 0 Å². The normalized spacial score (nSPS) is 22.1. The molecule has 114 valence electrons. The topological polar surface area (TPSA) is 29.9 Å². The van der Waals surface area contributed by atoms with Gasteiger partial charge in [-0.15, -0.1) is 0 Å². The predicted octanol–water partition coefficient (Wildman–Crippen LogP) is 4.19. The van der Waals surface area contributed by atoms with E-state index in [2.05, 4.69) is 54.0 Å². The van der Waals surface area contributed by atoms with E-state index in [1.807, 2.05) is 18.7 Å². The second-order valence-electron chi connectivity index (χ2n) is 7.96. The molecule has 1 saturated carbocycles. The van der Waals surface area contributed by atoms with E-state index in [-0.39, 0.29) is 0 Å². The fraction of sp³-hybridized carbons (Fsp3) is 0.812. The van der Waals surface area contributed by atoms with Gasteiger partial charge in [0, 0.05) is 19.6 Å². The minimum Gasteiger partial charge on any atom is -0.308 e. The molecule has 1 aliphatic carbocycles. The molecule has 20 heavy (non-hydrogen) atoms. The Morgan fingerprint density at radius 3 is 2.25 bits per heavy atom. The van der Waals surface area contributed by atoms with Crippen LogP contribution >= 0.6 is 15.9 Å². The zero-order valence-electron chi connectivity index (χ0n) is 13.7. The third kappa shape index (κ3) is 3.64. The Labute approximate surface area is 131 Å². The van der Waals surface area contributed by atoms with Gasteiger partial charge in [-0.05, 0) is 52.9 Å². The van der Waals surface area contributed by atoms with Crippen LogP contribution in [0.2, 0.25) is 0 Å². The standard InChI is InChI=1S/C16H28BrN3/c1-11-14(17)13(20(6)19-11)9-18-12-7-15(2,3)10-16(4,5)8-12/h12,18H,7-10H2,1-6H3. The molecule has 0 saturated heterocycles. The highest BCUT2D eigenvalue weighted by Gasteiger charge is 2.38. The molecule has 0 aliphatic heterocycles. The molecule has 2 rings (SSSR count). The van der Waals surface area contributed by atoms with Gasteiger partial charge < -0.3 is 5.32 Å². The van der Waals surface area contributed by atoms with E-state index < -0.39 is 0 Å². The summed E-state index contributed by atoms with van der Waals surface area (Å²) in [5.41, 5.74) is 3.16. The molecule has 0 unspecified atom stereocenters. The first-order chi connectivity index (χ1) is 9.10. The van der Waals surface area contributed by atoms with Crippen molar-refractivity contribution in [2.75, 3.05) is 0 Å². The number of halogens is 1. The van der Waals surface area contributed by atoms with Crippen molar-refractivity contribution in [1.29, 1.82) is 0 Å². The number of aryl methyl sites for hydroxylation is 2. The van der Waals surface area contributed by atoms with Gasteiger partial charge >= 0.3 is 0 Å². The van der Waals surface area contributed by atoms with Crippen LogP contribution in [0.25, 0.3) is 0 Å². The number of aromatic nitrogens is 2. The summed E-state index contributed by atoms with van der Waals surface area (Å²) < 4.78 is 3.12. The monoisotopic (exact) mass is 341 g/mol. The minimum absolute atomic E-state index is 0.430. The number of hydrogen-bond donors (Lipinski definition) is 1. The average molecular weight is 342 g/mol. The summed E-state index contributed by atoms with van der Waals surface area (Å²) in [6, 6.07) is 0.593. The van der Waals surface area contributed by atoms with Crippen molar-refractivity contribution >= 4 is 15.9 Å². The molecule has 1 fully saturated rings. The second-order valence-corrected chi connectivity index (χ2v) is 8.75. The number of rotatable bonds is 3. The van der Waals surface area contributed by atoms with Crippen LogP contribution in [0.4, 0.5) is 0 Å². The Balaban J connectivity index is 2.03. The highest BCUT2D eigenvalue weighted by Crippen LogP contribution is 2.45. The van der Waals surface area contributed by atoms with E-state index in [0.717, 1.165) is 16.7 Å². The van der Waals surface area contributed by atoms with Crippen molar-refractivity contribution in [2.45, 2.75) is 66.5 Å². The molecule has 0 aromatic carbocycles. The molecule has 1 aromatic heterocycles. The van der Waals surface area contributed by atoms with Crippen molar-refractivity contribution < 1.29 is 0 Å². The third-order valence-electron chi connectivity index (χ3n) is 4.37. The molecule has 1 aromatic rings. The fourth-order valence-corrected chi connectivity index (χ4v) is 4.58. The summed E-state index contributed by atoms with van der Waals surface area (Å²) in [5, 5.41) is 8.21. The zero-order valence-corrected chi connectivity index (χ0v) is 15.3. The Hall–Kier alpha value is -0.350. The third-order valence-corrected chi connectivity index (χ3v) is 5.41. The van der Waals surface area contributed by atoms with E-state index in [1.54, 1.807) is 0 Å². The highest BCUT2D eigenvalue weighted by atomic mass is 79.9. The summed E-state index contributed by atoms with van der Waals surface area (Å²) in [6.07, 6.45) is 3.82. The largest absolute Gasteiger partial charge is 0.308 e. The van der Waals surface area contributed by atoms with Crippen molar-refractivity contribution in [3.63, 3.8) is 0 Å². The van der Waals surface area contributed by atoms with Crippen LogP contribution in [0, 0.1) is 17.8 Å². The van der Waals surface area contributed by atoms with Crippen LogP contribution in [-0.4, -0.2) is 15.8 Å². The summed E-state index contributed by atoms with van der Waals surface area (Å²) in [4.78, 5) is 0. The molecule has 4 heteroatoms. The van der Waals surface area contributed by atoms with Crippen LogP contribution < -0.4 is 5.32 Å². The summed E-state index contributed by atoms with van der Waals surface area (Å²) in [6.45, 7) is 12.5. The van der Waals surface area contributed by atoms with E-state index in [0.29, 0.717) is 16.9 Å². The van der Waals surface area contributed by atoms with E-state index in [4.69, 9.17) is 0 Å². The van der Waals surface area contributed by atoms with E-state index in [9.17, 15) is 0 Å². The maximum absolute atomic E-state index is 4.46. The van der Waals surface area contributed by atoms with Crippen molar-refractivity contribution in [3.05, 3.63) is 15.9 Å². The summed E-state index contributed by atoms with van der Waals surface area (Å²) >= 11 is 3.65. The predicted molar refractivity (Wildman–Crippen MR) is 87.7 cm³/mol. The van der Waals surface area contributed by atoms with Crippen LogP contribution in [-0.2, 0) is 13.6 Å². The smallest absolute Gasteiger partial charge is 0.0739 e. The Bertz CT molecular complexity index is 472. The summed E-state index contributed by atoms with van der Waals surface area (Å²) in [7, 11) is 2.02. The molecule has 3 nitrogen and oxygen atoms in total. The van der Waals surface area contributed by atoms with Gasteiger partial charge in [0.1, 0.15) is 0 Å². The Morgan fingerprint density at radius 1 is 1.25 bits per heavy atom. The maximum Gasteiger partial charge on any atom is 0.0739 e. The molecule has 1 N–H and O–H groups in total. The first-order valence-electron chi connectivity index (χ1n) is 7.51. The first kappa shape index (κ1) is 16.0. The molecule has 0 radical (unpaired) electrons. The quantitative estimate of drug-likeness (QED) is 0.893. The first-order valence-corrected chi connectivity index (χ1v) is 8.30. The SMILES string of the molecule is Cc1nn(C)c(CNC2CC(C)(C)CC(C)(C)C2)c1Br. The second kappa shape index (κ2) is 5.45. The van der Waals surface area contributed by atoms with Gasteiger partial charge in [0.05, 0.1) is 15.9 Å². The molecule has 0 amide bonds. The molecule has 1 heterocycles. The number of nitrogens with zero attached hydrogens (tertiary/aromatic N) is 2. The molecule has 0 spiro atoms. The Morgan fingerprint density at radius 2 is 1.80 bits per heavy atom. The lowest BCUT2D eigenvalue weighted by atomic mass is 9.63. The van der Waals surface area contributed by atoms with Gasteiger partial charge in [-0.3, -0.25) is 4.68 Å². The van der Waals surface area contributed by atoms with Gasteiger partial charge in [-0.1, -0.05) is 27.7 Å². The number of hydrogen-bond acceptors (Lipinski definition) is 2. The van der Waals surface area contributed by atoms with Crippen LogP contribution in [0.1, 0.15) is 58.3 Å². The molecule has 0 bridgehead atoms. The number of nitrogens with one attached hydrogen (secondary N) is 1. The Kier molecular flexibility index (Phi) is 4.37. The van der Waals surface area contributed by atoms with Gasteiger partial charge in [0.15, 0.2) is 0 Å². The lowest BCUT2D eigenvalue weighted by Crippen LogP contribution is -2.43. The minimum atomic E-state index is 0.430. The van der Waals surface area contributed by atoms with Crippen LogP contribution in [0.5, 0.6) is 0 Å². The average Bonchev–Trinajstić information content (AvgIpc) is 2.46. The maximum atomic E-state index is 4.46. The van der Waals surface area contributed by atoms with Gasteiger partial charge in [0.25, 0.3) is 0 Å². The molecular weight excluding hydrogens is 314 g/mol. The lowest BCUT2D eigenvalue weighted by Gasteiger charge is -2.45. The van der Waals surface area contributed by atoms with Gasteiger partial charge in [0.2, 0.25) is 0 Å². The van der Waals surface area contributed by atoms with E-state index in [1.165, 1.54) is 25.0 Å². The van der Waals surface area contributed by atoms with Crippen molar-refractivity contribution in [3.8, 4) is 0 Å². The molecular formula is C16H28BrN3.